The van der Waals surface area contributed by atoms with E-state index >= 15 is 0 Å². The summed E-state index contributed by atoms with van der Waals surface area (Å²) in [6.07, 6.45) is 17.1. The van der Waals surface area contributed by atoms with Gasteiger partial charge >= 0.3 is 0 Å². The van der Waals surface area contributed by atoms with Gasteiger partial charge in [0.2, 0.25) is 0 Å². The largest absolute Gasteiger partial charge is 0.321 e. The summed E-state index contributed by atoms with van der Waals surface area (Å²) in [5.74, 6) is 0.202. The number of hydrogen-bond donors (Lipinski definition) is 2. The van der Waals surface area contributed by atoms with Crippen molar-refractivity contribution in [2.45, 2.75) is 135 Å². The van der Waals surface area contributed by atoms with E-state index in [1.54, 1.807) is 22.8 Å². The predicted molar refractivity (Wildman–Crippen MR) is 198 cm³/mol. The van der Waals surface area contributed by atoms with Crippen molar-refractivity contribution in [3.05, 3.63) is 64.3 Å². The van der Waals surface area contributed by atoms with Crippen LogP contribution in [0.2, 0.25) is 5.02 Å². The molecule has 10 heteroatoms. The highest BCUT2D eigenvalue weighted by Gasteiger charge is 2.25. The van der Waals surface area contributed by atoms with Gasteiger partial charge in [0.15, 0.2) is 21.3 Å². The molecule has 4 aromatic rings. The monoisotopic (exact) mass is 695 g/mol. The number of aryl methyl sites for hydroxylation is 1. The van der Waals surface area contributed by atoms with Gasteiger partial charge in [-0.1, -0.05) is 135 Å². The van der Waals surface area contributed by atoms with E-state index in [1.807, 2.05) is 19.1 Å². The smallest absolute Gasteiger partial charge is 0.255 e. The minimum absolute atomic E-state index is 0.121. The normalized spacial score (nSPS) is 12.2. The highest BCUT2D eigenvalue weighted by Crippen LogP contribution is 2.34. The molecule has 4 rings (SSSR count). The van der Waals surface area contributed by atoms with Crippen molar-refractivity contribution >= 4 is 38.7 Å². The second kappa shape index (κ2) is 17.5. The second-order valence-corrected chi connectivity index (χ2v) is 16.6. The number of nitrogens with zero attached hydrogens (tertiary/aromatic N) is 3. The van der Waals surface area contributed by atoms with Crippen LogP contribution in [0.3, 0.4) is 0 Å². The summed E-state index contributed by atoms with van der Waals surface area (Å²) in [6.45, 7) is 10.4. The van der Waals surface area contributed by atoms with Gasteiger partial charge in [-0.15, -0.1) is 5.10 Å². The molecule has 0 fully saturated rings. The van der Waals surface area contributed by atoms with Crippen LogP contribution in [0.15, 0.2) is 47.4 Å². The Hall–Kier alpha value is -3.17. The quantitative estimate of drug-likeness (QED) is 0.0949. The fourth-order valence-electron chi connectivity index (χ4n) is 6.08. The summed E-state index contributed by atoms with van der Waals surface area (Å²) in [5, 5.41) is 11.3. The minimum Gasteiger partial charge on any atom is -0.321 e. The molecule has 8 nitrogen and oxygen atoms in total. The Kier molecular flexibility index (Phi) is 13.7. The molecule has 2 N–H and O–H groups in total. The standard InChI is InChI=1S/C38H54ClN5O3S/c1-6-7-8-9-10-11-12-13-14-15-16-17-18-19-27-48(46,47)30-25-23-29(24-26-30)37(45)40-31-22-20-21-28(2)32(31)35-41-36-33(39)34(38(3,4)5)42-44(36)43-35/h20-26,42H,6-19,27H2,1-5H3,(H,40,45). The molecule has 0 bridgehead atoms. The second-order valence-electron chi connectivity index (χ2n) is 14.1. The third kappa shape index (κ3) is 10.2. The first-order valence-electron chi connectivity index (χ1n) is 17.8. The summed E-state index contributed by atoms with van der Waals surface area (Å²) < 4.78 is 27.5. The van der Waals surface area contributed by atoms with E-state index in [9.17, 15) is 13.2 Å². The Morgan fingerprint density at radius 2 is 1.42 bits per heavy atom. The van der Waals surface area contributed by atoms with Crippen LogP contribution in [0.5, 0.6) is 0 Å². The van der Waals surface area contributed by atoms with E-state index in [0.29, 0.717) is 39.7 Å². The molecule has 262 valence electrons. The Bertz CT molecular complexity index is 1740. The van der Waals surface area contributed by atoms with Crippen LogP contribution in [0.25, 0.3) is 17.0 Å². The summed E-state index contributed by atoms with van der Waals surface area (Å²) >= 11 is 6.65. The van der Waals surface area contributed by atoms with Gasteiger partial charge in [-0.25, -0.2) is 13.4 Å². The molecule has 0 saturated heterocycles. The maximum Gasteiger partial charge on any atom is 0.255 e. The molecule has 0 radical (unpaired) electrons. The van der Waals surface area contributed by atoms with Crippen LogP contribution in [0, 0.1) is 6.92 Å². The van der Waals surface area contributed by atoms with Gasteiger partial charge in [-0.2, -0.15) is 4.63 Å². The first-order chi connectivity index (χ1) is 22.9. The van der Waals surface area contributed by atoms with Crippen molar-refractivity contribution in [3.63, 3.8) is 0 Å². The van der Waals surface area contributed by atoms with Crippen molar-refractivity contribution in [3.8, 4) is 11.4 Å². The average molecular weight is 696 g/mol. The summed E-state index contributed by atoms with van der Waals surface area (Å²) in [4.78, 5) is 18.2. The maximum atomic E-state index is 13.3. The van der Waals surface area contributed by atoms with E-state index in [0.717, 1.165) is 24.1 Å². The van der Waals surface area contributed by atoms with Gasteiger partial charge in [-0.05, 0) is 49.2 Å². The van der Waals surface area contributed by atoms with Crippen LogP contribution in [-0.2, 0) is 15.3 Å². The van der Waals surface area contributed by atoms with Crippen LogP contribution in [0.4, 0.5) is 5.69 Å². The number of aromatic nitrogens is 4. The first kappa shape index (κ1) is 37.6. The molecule has 0 aliphatic rings. The first-order valence-corrected chi connectivity index (χ1v) is 19.8. The summed E-state index contributed by atoms with van der Waals surface area (Å²) in [5.41, 5.74) is 3.64. The Labute approximate surface area is 292 Å². The molecule has 0 atom stereocenters. The van der Waals surface area contributed by atoms with Crippen molar-refractivity contribution < 1.29 is 13.2 Å². The SMILES string of the molecule is CCCCCCCCCCCCCCCCS(=O)(=O)c1ccc(C(=O)Nc2cccc(C)c2-c2nc3c(Cl)c(C(C)(C)C)[nH]n3n2)cc1. The maximum absolute atomic E-state index is 13.3. The molecule has 48 heavy (non-hydrogen) atoms. The number of anilines is 1. The van der Waals surface area contributed by atoms with Crippen molar-refractivity contribution in [2.75, 3.05) is 11.1 Å². The predicted octanol–water partition coefficient (Wildman–Crippen LogP) is 10.5. The molecule has 0 unspecified atom stereocenters. The van der Waals surface area contributed by atoms with Gasteiger partial charge < -0.3 is 5.32 Å². The molecule has 2 heterocycles. The number of carbonyl (C=O) groups excluding carboxylic acids is 1. The minimum atomic E-state index is -3.41. The lowest BCUT2D eigenvalue weighted by Crippen LogP contribution is -2.14. The molecule has 0 saturated carbocycles. The molecule has 2 aromatic heterocycles. The van der Waals surface area contributed by atoms with Crippen LogP contribution in [0.1, 0.15) is 139 Å². The third-order valence-corrected chi connectivity index (χ3v) is 11.2. The molecule has 1 amide bonds. The zero-order chi connectivity index (χ0) is 34.7. The fraction of sp³-hybridized carbons (Fsp3) is 0.553. The number of hydrogen-bond acceptors (Lipinski definition) is 5. The Morgan fingerprint density at radius 1 is 0.854 bits per heavy atom. The number of unbranched alkanes of at least 4 members (excludes halogenated alkanes) is 13. The fourth-order valence-corrected chi connectivity index (χ4v) is 7.90. The van der Waals surface area contributed by atoms with E-state index in [-0.39, 0.29) is 22.0 Å². The van der Waals surface area contributed by atoms with Crippen LogP contribution < -0.4 is 5.32 Å². The number of rotatable bonds is 19. The number of sulfone groups is 1. The van der Waals surface area contributed by atoms with Crippen molar-refractivity contribution in [2.24, 2.45) is 0 Å². The lowest BCUT2D eigenvalue weighted by molar-refractivity contribution is 0.102. The summed E-state index contributed by atoms with van der Waals surface area (Å²) in [7, 11) is -3.41. The number of nitrogens with one attached hydrogen (secondary N) is 2. The lowest BCUT2D eigenvalue weighted by Gasteiger charge is -2.16. The van der Waals surface area contributed by atoms with Gasteiger partial charge in [0.1, 0.15) is 5.02 Å². The third-order valence-electron chi connectivity index (χ3n) is 8.98. The highest BCUT2D eigenvalue weighted by atomic mass is 35.5. The number of amides is 1. The van der Waals surface area contributed by atoms with Gasteiger partial charge in [-0.3, -0.25) is 9.89 Å². The zero-order valence-corrected chi connectivity index (χ0v) is 31.1. The van der Waals surface area contributed by atoms with Gasteiger partial charge in [0, 0.05) is 16.5 Å². The Morgan fingerprint density at radius 3 is 1.96 bits per heavy atom. The van der Waals surface area contributed by atoms with Crippen LogP contribution in [-0.4, -0.2) is 39.9 Å². The molecule has 2 aromatic carbocycles. The number of aromatic amines is 1. The number of H-pyrrole nitrogens is 1. The Balaban J connectivity index is 1.26. The number of fused-ring (bicyclic) bond motifs is 1. The molecular formula is C38H54ClN5O3S. The topological polar surface area (TPSA) is 109 Å². The highest BCUT2D eigenvalue weighted by molar-refractivity contribution is 7.91. The zero-order valence-electron chi connectivity index (χ0n) is 29.5. The molecule has 0 aliphatic carbocycles. The van der Waals surface area contributed by atoms with E-state index in [4.69, 9.17) is 16.6 Å². The van der Waals surface area contributed by atoms with E-state index < -0.39 is 9.84 Å². The van der Waals surface area contributed by atoms with E-state index in [1.165, 1.54) is 82.8 Å². The summed E-state index contributed by atoms with van der Waals surface area (Å²) in [6, 6.07) is 11.8. The molecule has 0 aliphatic heterocycles. The molecular weight excluding hydrogens is 642 g/mol. The van der Waals surface area contributed by atoms with Gasteiger partial charge in [0.05, 0.1) is 22.0 Å². The van der Waals surface area contributed by atoms with Gasteiger partial charge in [0.25, 0.3) is 5.91 Å². The number of carbonyl (C=O) groups is 1. The number of benzene rings is 2. The van der Waals surface area contributed by atoms with Crippen molar-refractivity contribution in [1.29, 1.82) is 0 Å². The lowest BCUT2D eigenvalue weighted by atomic mass is 9.92. The van der Waals surface area contributed by atoms with E-state index in [2.05, 4.69) is 43.2 Å². The average Bonchev–Trinajstić information content (AvgIpc) is 3.60. The van der Waals surface area contributed by atoms with Crippen molar-refractivity contribution in [1.82, 2.24) is 19.8 Å². The molecule has 0 spiro atoms. The van der Waals surface area contributed by atoms with Crippen LogP contribution >= 0.6 is 11.6 Å². The number of halogens is 1.